The molecule has 0 radical (unpaired) electrons. The third-order valence-corrected chi connectivity index (χ3v) is 5.11. The first-order valence-electron chi connectivity index (χ1n) is 8.28. The van der Waals surface area contributed by atoms with Crippen molar-refractivity contribution in [3.63, 3.8) is 0 Å². The summed E-state index contributed by atoms with van der Waals surface area (Å²) in [6, 6.07) is 2.08. The molecular weight excluding hydrogens is 262 g/mol. The van der Waals surface area contributed by atoms with Crippen LogP contribution in [0.3, 0.4) is 0 Å². The molecule has 1 atom stereocenters. The van der Waals surface area contributed by atoms with Crippen LogP contribution in [0.4, 0.5) is 0 Å². The third-order valence-electron chi connectivity index (χ3n) is 5.11. The summed E-state index contributed by atoms with van der Waals surface area (Å²) in [6.07, 6.45) is 6.61. The number of nitrogens with zero attached hydrogens (tertiary/aromatic N) is 2. The maximum Gasteiger partial charge on any atom is 0.105 e. The molecule has 1 fully saturated rings. The van der Waals surface area contributed by atoms with Crippen LogP contribution in [-0.4, -0.2) is 48.6 Å². The molecule has 0 aromatic carbocycles. The maximum atomic E-state index is 6.21. The van der Waals surface area contributed by atoms with Crippen LogP contribution in [0.5, 0.6) is 0 Å². The largest absolute Gasteiger partial charge is 0.469 e. The Labute approximate surface area is 129 Å². The average molecular weight is 293 g/mol. The fourth-order valence-electron chi connectivity index (χ4n) is 3.51. The Hall–Kier alpha value is -0.840. The van der Waals surface area contributed by atoms with Gasteiger partial charge in [-0.2, -0.15) is 0 Å². The van der Waals surface area contributed by atoms with E-state index >= 15 is 0 Å². The van der Waals surface area contributed by atoms with Gasteiger partial charge in [-0.25, -0.2) is 0 Å². The molecule has 0 amide bonds. The smallest absolute Gasteiger partial charge is 0.105 e. The van der Waals surface area contributed by atoms with Gasteiger partial charge in [-0.3, -0.25) is 4.90 Å². The first-order chi connectivity index (χ1) is 10.1. The van der Waals surface area contributed by atoms with Crippen molar-refractivity contribution in [1.29, 1.82) is 0 Å². The van der Waals surface area contributed by atoms with E-state index < -0.39 is 0 Å². The van der Waals surface area contributed by atoms with E-state index in [1.165, 1.54) is 44.5 Å². The summed E-state index contributed by atoms with van der Waals surface area (Å²) in [4.78, 5) is 5.05. The molecule has 1 unspecified atom stereocenters. The Morgan fingerprint density at radius 1 is 1.38 bits per heavy atom. The van der Waals surface area contributed by atoms with E-state index in [1.54, 1.807) is 6.26 Å². The zero-order valence-electron chi connectivity index (χ0n) is 13.9. The van der Waals surface area contributed by atoms with E-state index in [1.807, 2.05) is 6.92 Å². The summed E-state index contributed by atoms with van der Waals surface area (Å²) >= 11 is 0. The summed E-state index contributed by atoms with van der Waals surface area (Å²) in [5.74, 6) is 1.02. The van der Waals surface area contributed by atoms with Gasteiger partial charge in [0.1, 0.15) is 5.76 Å². The lowest BCUT2D eigenvalue weighted by molar-refractivity contribution is 0.0987. The molecule has 2 heterocycles. The summed E-state index contributed by atoms with van der Waals surface area (Å²) in [5, 5.41) is 0. The lowest BCUT2D eigenvalue weighted by atomic mass is 9.88. The topological polar surface area (TPSA) is 45.6 Å². The van der Waals surface area contributed by atoms with Crippen molar-refractivity contribution in [3.8, 4) is 0 Å². The highest BCUT2D eigenvalue weighted by molar-refractivity contribution is 5.16. The number of hydrogen-bond donors (Lipinski definition) is 1. The molecule has 4 heteroatoms. The number of hydrogen-bond acceptors (Lipinski definition) is 4. The minimum absolute atomic E-state index is 0.131. The molecule has 1 aliphatic heterocycles. The van der Waals surface area contributed by atoms with Crippen LogP contribution in [0.25, 0.3) is 0 Å². The van der Waals surface area contributed by atoms with Gasteiger partial charge in [0.2, 0.25) is 0 Å². The molecule has 120 valence electrons. The normalized spacial score (nSPS) is 24.4. The summed E-state index contributed by atoms with van der Waals surface area (Å²) in [5.41, 5.74) is 7.62. The number of likely N-dealkylation sites (N-methyl/N-ethyl adjacent to an activating group) is 1. The molecule has 1 aromatic heterocycles. The average Bonchev–Trinajstić information content (AvgIpc) is 2.76. The lowest BCUT2D eigenvalue weighted by Crippen LogP contribution is -2.52. The summed E-state index contributed by atoms with van der Waals surface area (Å²) in [6.45, 7) is 9.55. The standard InChI is InChI=1S/C17H31N3O/c1-4-9-20-10-5-7-17(14-18,8-11-20)19(3)13-16-6-12-21-15(16)2/h6,12H,4-5,7-11,13-14,18H2,1-3H3. The van der Waals surface area contributed by atoms with Crippen LogP contribution in [0, 0.1) is 6.92 Å². The van der Waals surface area contributed by atoms with Gasteiger partial charge in [0.25, 0.3) is 0 Å². The van der Waals surface area contributed by atoms with Crippen LogP contribution in [0.15, 0.2) is 16.7 Å². The molecule has 0 spiro atoms. The van der Waals surface area contributed by atoms with Crippen molar-refractivity contribution in [1.82, 2.24) is 9.80 Å². The second-order valence-corrected chi connectivity index (χ2v) is 6.48. The van der Waals surface area contributed by atoms with Gasteiger partial charge >= 0.3 is 0 Å². The highest BCUT2D eigenvalue weighted by atomic mass is 16.3. The van der Waals surface area contributed by atoms with Gasteiger partial charge in [0.05, 0.1) is 6.26 Å². The molecule has 2 rings (SSSR count). The van der Waals surface area contributed by atoms with Crippen molar-refractivity contribution in [2.75, 3.05) is 33.2 Å². The predicted molar refractivity (Wildman–Crippen MR) is 87.3 cm³/mol. The SMILES string of the molecule is CCCN1CCCC(CN)(N(C)Cc2ccoc2C)CC1. The molecule has 1 aliphatic rings. The van der Waals surface area contributed by atoms with Crippen LogP contribution in [-0.2, 0) is 6.54 Å². The van der Waals surface area contributed by atoms with Crippen molar-refractivity contribution in [3.05, 3.63) is 23.7 Å². The van der Waals surface area contributed by atoms with Gasteiger partial charge in [0, 0.05) is 24.2 Å². The van der Waals surface area contributed by atoms with Crippen LogP contribution in [0.1, 0.15) is 43.9 Å². The van der Waals surface area contributed by atoms with E-state index in [-0.39, 0.29) is 5.54 Å². The first-order valence-corrected chi connectivity index (χ1v) is 8.28. The third kappa shape index (κ3) is 3.87. The molecule has 0 aliphatic carbocycles. The number of nitrogens with two attached hydrogens (primary N) is 1. The van der Waals surface area contributed by atoms with Crippen molar-refractivity contribution in [2.24, 2.45) is 5.73 Å². The zero-order chi connectivity index (χ0) is 15.3. The Balaban J connectivity index is 2.04. The minimum atomic E-state index is 0.131. The molecular formula is C17H31N3O. The van der Waals surface area contributed by atoms with Crippen molar-refractivity contribution >= 4 is 0 Å². The Morgan fingerprint density at radius 2 is 2.19 bits per heavy atom. The van der Waals surface area contributed by atoms with Gasteiger partial charge in [-0.05, 0) is 65.4 Å². The number of aryl methyl sites for hydroxylation is 1. The molecule has 1 aromatic rings. The predicted octanol–water partition coefficient (Wildman–Crippen LogP) is 2.61. The van der Waals surface area contributed by atoms with Gasteiger partial charge in [-0.1, -0.05) is 6.92 Å². The fourth-order valence-corrected chi connectivity index (χ4v) is 3.51. The molecule has 0 saturated carbocycles. The molecule has 2 N–H and O–H groups in total. The second-order valence-electron chi connectivity index (χ2n) is 6.48. The Morgan fingerprint density at radius 3 is 2.81 bits per heavy atom. The Bertz CT molecular complexity index is 431. The maximum absolute atomic E-state index is 6.21. The second kappa shape index (κ2) is 7.43. The van der Waals surface area contributed by atoms with E-state index in [9.17, 15) is 0 Å². The summed E-state index contributed by atoms with van der Waals surface area (Å²) < 4.78 is 5.43. The molecule has 1 saturated heterocycles. The molecule has 4 nitrogen and oxygen atoms in total. The van der Waals surface area contributed by atoms with E-state index in [4.69, 9.17) is 10.2 Å². The highest BCUT2D eigenvalue weighted by Crippen LogP contribution is 2.29. The van der Waals surface area contributed by atoms with Gasteiger partial charge < -0.3 is 15.1 Å². The fraction of sp³-hybridized carbons (Fsp3) is 0.765. The Kier molecular flexibility index (Phi) is 5.85. The molecule has 0 bridgehead atoms. The molecule has 21 heavy (non-hydrogen) atoms. The monoisotopic (exact) mass is 293 g/mol. The van der Waals surface area contributed by atoms with E-state index in [0.717, 1.165) is 25.3 Å². The number of furan rings is 1. The van der Waals surface area contributed by atoms with Crippen LogP contribution < -0.4 is 5.73 Å². The van der Waals surface area contributed by atoms with Gasteiger partial charge in [-0.15, -0.1) is 0 Å². The quantitative estimate of drug-likeness (QED) is 0.876. The highest BCUT2D eigenvalue weighted by Gasteiger charge is 2.35. The van der Waals surface area contributed by atoms with E-state index in [0.29, 0.717) is 0 Å². The number of likely N-dealkylation sites (tertiary alicyclic amines) is 1. The van der Waals surface area contributed by atoms with Gasteiger partial charge in [0.15, 0.2) is 0 Å². The first kappa shape index (κ1) is 16.5. The zero-order valence-corrected chi connectivity index (χ0v) is 13.9. The lowest BCUT2D eigenvalue weighted by Gasteiger charge is -2.41. The minimum Gasteiger partial charge on any atom is -0.469 e. The van der Waals surface area contributed by atoms with E-state index in [2.05, 4.69) is 29.8 Å². The van der Waals surface area contributed by atoms with Crippen molar-refractivity contribution < 1.29 is 4.42 Å². The number of rotatable bonds is 6. The van der Waals surface area contributed by atoms with Crippen LogP contribution >= 0.6 is 0 Å². The summed E-state index contributed by atoms with van der Waals surface area (Å²) in [7, 11) is 2.22. The van der Waals surface area contributed by atoms with Crippen molar-refractivity contribution in [2.45, 2.75) is 51.6 Å². The van der Waals surface area contributed by atoms with Crippen LogP contribution in [0.2, 0.25) is 0 Å².